The highest BCUT2D eigenvalue weighted by Gasteiger charge is 2.26. The first kappa shape index (κ1) is 18.4. The summed E-state index contributed by atoms with van der Waals surface area (Å²) in [7, 11) is -3.26. The minimum atomic E-state index is -3.26. The van der Waals surface area contributed by atoms with Gasteiger partial charge in [-0.05, 0) is 18.2 Å². The number of benzene rings is 1. The largest absolute Gasteiger partial charge is 0.374 e. The van der Waals surface area contributed by atoms with Crippen LogP contribution in [0, 0.1) is 0 Å². The number of aromatic nitrogens is 2. The quantitative estimate of drug-likeness (QED) is 0.794. The highest BCUT2D eigenvalue weighted by molar-refractivity contribution is 7.88. The Hall–Kier alpha value is -2.43. The lowest BCUT2D eigenvalue weighted by Gasteiger charge is -2.31. The Balaban J connectivity index is 1.57. The minimum absolute atomic E-state index is 0.210. The van der Waals surface area contributed by atoms with E-state index in [1.54, 1.807) is 29.2 Å². The van der Waals surface area contributed by atoms with Gasteiger partial charge in [0.2, 0.25) is 10.0 Å². The van der Waals surface area contributed by atoms with Gasteiger partial charge in [0.1, 0.15) is 0 Å². The van der Waals surface area contributed by atoms with Gasteiger partial charge in [-0.3, -0.25) is 0 Å². The molecule has 10 heteroatoms. The molecule has 140 valence electrons. The third-order valence-corrected chi connectivity index (χ3v) is 5.23. The molecule has 1 fully saturated rings. The number of hydrogen-bond donors (Lipinski definition) is 2. The number of ether oxygens (including phenoxy) is 1. The number of para-hydroxylation sites is 2. The number of carbonyl (C=O) groups is 1. The van der Waals surface area contributed by atoms with Crippen LogP contribution in [0.25, 0.3) is 5.69 Å². The number of nitrogens with one attached hydrogen (secondary N) is 2. The Bertz CT molecular complexity index is 853. The molecule has 1 aromatic carbocycles. The third kappa shape index (κ3) is 4.59. The van der Waals surface area contributed by atoms with Crippen molar-refractivity contribution in [1.29, 1.82) is 0 Å². The van der Waals surface area contributed by atoms with Crippen LogP contribution in [0.2, 0.25) is 0 Å². The summed E-state index contributed by atoms with van der Waals surface area (Å²) in [6, 6.07) is 8.69. The number of urea groups is 1. The van der Waals surface area contributed by atoms with E-state index in [4.69, 9.17) is 4.74 Å². The number of hydrogen-bond acceptors (Lipinski definition) is 5. The van der Waals surface area contributed by atoms with E-state index in [9.17, 15) is 13.2 Å². The van der Waals surface area contributed by atoms with Crippen molar-refractivity contribution in [2.24, 2.45) is 0 Å². The molecule has 2 aromatic rings. The summed E-state index contributed by atoms with van der Waals surface area (Å²) < 4.78 is 31.8. The molecule has 1 aromatic heterocycles. The molecule has 26 heavy (non-hydrogen) atoms. The SMILES string of the molecule is CS(=O)(=O)N1CCO[C@H](CNC(=O)Nc2ccccc2-n2cccn2)C1. The molecule has 0 bridgehead atoms. The minimum Gasteiger partial charge on any atom is -0.374 e. The van der Waals surface area contributed by atoms with Gasteiger partial charge in [0, 0.05) is 32.0 Å². The van der Waals surface area contributed by atoms with Crippen LogP contribution in [-0.4, -0.2) is 67.1 Å². The Labute approximate surface area is 152 Å². The van der Waals surface area contributed by atoms with Gasteiger partial charge in [-0.2, -0.15) is 9.40 Å². The van der Waals surface area contributed by atoms with E-state index >= 15 is 0 Å². The Morgan fingerprint density at radius 1 is 1.35 bits per heavy atom. The van der Waals surface area contributed by atoms with Gasteiger partial charge < -0.3 is 15.4 Å². The number of amides is 2. The van der Waals surface area contributed by atoms with Crippen molar-refractivity contribution in [3.63, 3.8) is 0 Å². The lowest BCUT2D eigenvalue weighted by Crippen LogP contribution is -2.49. The molecular weight excluding hydrogens is 358 g/mol. The molecule has 1 saturated heterocycles. The lowest BCUT2D eigenvalue weighted by molar-refractivity contribution is 0.00167. The molecule has 2 amide bonds. The number of carbonyl (C=O) groups excluding carboxylic acids is 1. The first-order chi connectivity index (χ1) is 12.4. The second-order valence-electron chi connectivity index (χ2n) is 5.92. The highest BCUT2D eigenvalue weighted by atomic mass is 32.2. The summed E-state index contributed by atoms with van der Waals surface area (Å²) in [5.41, 5.74) is 1.35. The van der Waals surface area contributed by atoms with Crippen molar-refractivity contribution in [1.82, 2.24) is 19.4 Å². The first-order valence-corrected chi connectivity index (χ1v) is 9.99. The van der Waals surface area contributed by atoms with Gasteiger partial charge in [0.25, 0.3) is 0 Å². The van der Waals surface area contributed by atoms with Crippen molar-refractivity contribution in [2.45, 2.75) is 6.10 Å². The number of sulfonamides is 1. The molecule has 1 aliphatic rings. The molecular formula is C16H21N5O4S. The average Bonchev–Trinajstić information content (AvgIpc) is 3.14. The molecule has 3 rings (SSSR count). The maximum atomic E-state index is 12.2. The van der Waals surface area contributed by atoms with Gasteiger partial charge in [-0.25, -0.2) is 17.9 Å². The van der Waals surface area contributed by atoms with Crippen LogP contribution in [0.3, 0.4) is 0 Å². The summed E-state index contributed by atoms with van der Waals surface area (Å²) in [6.45, 7) is 1.08. The molecule has 0 aliphatic carbocycles. The van der Waals surface area contributed by atoms with Crippen LogP contribution in [0.5, 0.6) is 0 Å². The van der Waals surface area contributed by atoms with E-state index in [2.05, 4.69) is 15.7 Å². The number of morpholine rings is 1. The predicted molar refractivity (Wildman–Crippen MR) is 96.7 cm³/mol. The van der Waals surface area contributed by atoms with Crippen LogP contribution >= 0.6 is 0 Å². The summed E-state index contributed by atoms with van der Waals surface area (Å²) in [4.78, 5) is 12.2. The van der Waals surface area contributed by atoms with Gasteiger partial charge in [-0.15, -0.1) is 0 Å². The topological polar surface area (TPSA) is 106 Å². The first-order valence-electron chi connectivity index (χ1n) is 8.14. The summed E-state index contributed by atoms with van der Waals surface area (Å²) >= 11 is 0. The standard InChI is InChI=1S/C16H21N5O4S/c1-26(23,24)20-9-10-25-13(12-20)11-17-16(22)19-14-5-2-3-6-15(14)21-8-4-7-18-21/h2-8,13H,9-12H2,1H3,(H2,17,19,22)/t13-/m1/s1. The molecule has 9 nitrogen and oxygen atoms in total. The smallest absolute Gasteiger partial charge is 0.319 e. The van der Waals surface area contributed by atoms with Crippen molar-refractivity contribution in [2.75, 3.05) is 37.8 Å². The molecule has 2 N–H and O–H groups in total. The van der Waals surface area contributed by atoms with Crippen LogP contribution in [-0.2, 0) is 14.8 Å². The van der Waals surface area contributed by atoms with Crippen molar-refractivity contribution in [3.05, 3.63) is 42.7 Å². The number of anilines is 1. The van der Waals surface area contributed by atoms with E-state index in [0.717, 1.165) is 5.69 Å². The molecule has 0 radical (unpaired) electrons. The van der Waals surface area contributed by atoms with Gasteiger partial charge in [-0.1, -0.05) is 12.1 Å². The number of nitrogens with zero attached hydrogens (tertiary/aromatic N) is 3. The van der Waals surface area contributed by atoms with Crippen molar-refractivity contribution < 1.29 is 17.9 Å². The maximum absolute atomic E-state index is 12.2. The van der Waals surface area contributed by atoms with Crippen molar-refractivity contribution in [3.8, 4) is 5.69 Å². The van der Waals surface area contributed by atoms with Crippen LogP contribution < -0.4 is 10.6 Å². The Morgan fingerprint density at radius 2 is 2.15 bits per heavy atom. The maximum Gasteiger partial charge on any atom is 0.319 e. The van der Waals surface area contributed by atoms with Crippen LogP contribution in [0.4, 0.5) is 10.5 Å². The molecule has 0 saturated carbocycles. The van der Waals surface area contributed by atoms with E-state index < -0.39 is 16.1 Å². The van der Waals surface area contributed by atoms with E-state index in [0.29, 0.717) is 18.8 Å². The van der Waals surface area contributed by atoms with Crippen LogP contribution in [0.15, 0.2) is 42.7 Å². The zero-order valence-corrected chi connectivity index (χ0v) is 15.1. The molecule has 2 heterocycles. The van der Waals surface area contributed by atoms with Gasteiger partial charge >= 0.3 is 6.03 Å². The second-order valence-corrected chi connectivity index (χ2v) is 7.90. The van der Waals surface area contributed by atoms with Gasteiger partial charge in [0.15, 0.2) is 0 Å². The molecule has 1 aliphatic heterocycles. The second kappa shape index (κ2) is 7.85. The summed E-state index contributed by atoms with van der Waals surface area (Å²) in [6.07, 6.45) is 4.23. The average molecular weight is 379 g/mol. The monoisotopic (exact) mass is 379 g/mol. The third-order valence-electron chi connectivity index (χ3n) is 3.96. The van der Waals surface area contributed by atoms with E-state index in [1.807, 2.05) is 18.2 Å². The fraction of sp³-hybridized carbons (Fsp3) is 0.375. The fourth-order valence-electron chi connectivity index (χ4n) is 2.68. The lowest BCUT2D eigenvalue weighted by atomic mass is 10.2. The predicted octanol–water partition coefficient (Wildman–Crippen LogP) is 0.654. The molecule has 1 atom stereocenters. The van der Waals surface area contributed by atoms with Crippen LogP contribution in [0.1, 0.15) is 0 Å². The number of rotatable bonds is 5. The summed E-state index contributed by atoms with van der Waals surface area (Å²) in [5, 5.41) is 9.67. The summed E-state index contributed by atoms with van der Waals surface area (Å²) in [5.74, 6) is 0. The normalized spacial score (nSPS) is 18.4. The zero-order chi connectivity index (χ0) is 18.6. The Morgan fingerprint density at radius 3 is 2.88 bits per heavy atom. The highest BCUT2D eigenvalue weighted by Crippen LogP contribution is 2.18. The van der Waals surface area contributed by atoms with E-state index in [-0.39, 0.29) is 19.2 Å². The van der Waals surface area contributed by atoms with Crippen molar-refractivity contribution >= 4 is 21.7 Å². The van der Waals surface area contributed by atoms with E-state index in [1.165, 1.54) is 10.6 Å². The van der Waals surface area contributed by atoms with Gasteiger partial charge in [0.05, 0.1) is 30.3 Å². The Kier molecular flexibility index (Phi) is 5.55. The molecule has 0 unspecified atom stereocenters. The zero-order valence-electron chi connectivity index (χ0n) is 14.3. The molecule has 0 spiro atoms. The fourth-order valence-corrected chi connectivity index (χ4v) is 3.52.